The molecule has 0 aliphatic carbocycles. The lowest BCUT2D eigenvalue weighted by molar-refractivity contribution is 0.639. The van der Waals surface area contributed by atoms with Gasteiger partial charge in [-0.15, -0.1) is 0 Å². The Balaban J connectivity index is 0. The van der Waals surface area contributed by atoms with Crippen molar-refractivity contribution < 1.29 is 8.78 Å². The quantitative estimate of drug-likeness (QED) is 0.348. The topological polar surface area (TPSA) is 12.4 Å². The Morgan fingerprint density at radius 1 is 0.864 bits per heavy atom. The van der Waals surface area contributed by atoms with E-state index in [0.717, 1.165) is 24.6 Å². The van der Waals surface area contributed by atoms with Gasteiger partial charge in [-0.1, -0.05) is 65.7 Å². The zero-order valence-corrected chi connectivity index (χ0v) is 14.3. The first-order chi connectivity index (χ1) is 10.0. The number of nitrogens with zero attached hydrogens (tertiary/aromatic N) is 1. The standard InChI is InChI=1S/C10H15F.C9H14FN/c1-8(2)7-9(3)5-6-10(4)11;1-7(2)5-9(4)11-6-8(3)10/h5-6,8H,3-4,7H2,1-2H3;6-7H,3-5H2,1-2H3/b6-5-;. The number of rotatable bonds is 8. The minimum atomic E-state index is -0.532. The third-order valence-electron chi connectivity index (χ3n) is 2.20. The van der Waals surface area contributed by atoms with E-state index in [1.165, 1.54) is 6.08 Å². The maximum Gasteiger partial charge on any atom is 0.134 e. The molecule has 1 nitrogen and oxygen atoms in total. The third kappa shape index (κ3) is 20.5. The van der Waals surface area contributed by atoms with Crippen molar-refractivity contribution in [2.45, 2.75) is 40.5 Å². The van der Waals surface area contributed by atoms with E-state index >= 15 is 0 Å². The van der Waals surface area contributed by atoms with Gasteiger partial charge in [0.05, 0.1) is 6.21 Å². The second kappa shape index (κ2) is 12.9. The number of hydrogen-bond donors (Lipinski definition) is 0. The van der Waals surface area contributed by atoms with Gasteiger partial charge in [0.15, 0.2) is 0 Å². The Kier molecular flexibility index (Phi) is 13.2. The van der Waals surface area contributed by atoms with E-state index in [9.17, 15) is 8.78 Å². The summed E-state index contributed by atoms with van der Waals surface area (Å²) >= 11 is 0. The highest BCUT2D eigenvalue weighted by molar-refractivity contribution is 5.75. The van der Waals surface area contributed by atoms with Crippen molar-refractivity contribution >= 4 is 6.21 Å². The SMILES string of the molecule is C=C(F)/C=C\C(=C)CC(C)C.C=C(F)C=NC(=C)CC(C)C. The Hall–Kier alpha value is -1.77. The lowest BCUT2D eigenvalue weighted by atomic mass is 10.0. The average Bonchev–Trinajstić information content (AvgIpc) is 2.33. The lowest BCUT2D eigenvalue weighted by Gasteiger charge is -2.02. The summed E-state index contributed by atoms with van der Waals surface area (Å²) in [5.41, 5.74) is 1.64. The molecule has 0 bridgehead atoms. The molecule has 0 unspecified atom stereocenters. The van der Waals surface area contributed by atoms with Crippen LogP contribution in [0.1, 0.15) is 40.5 Å². The maximum atomic E-state index is 12.1. The summed E-state index contributed by atoms with van der Waals surface area (Å²) in [6, 6.07) is 0. The summed E-state index contributed by atoms with van der Waals surface area (Å²) in [6.45, 7) is 21.9. The molecule has 0 atom stereocenters. The number of halogens is 2. The van der Waals surface area contributed by atoms with Gasteiger partial charge in [-0.2, -0.15) is 0 Å². The van der Waals surface area contributed by atoms with Crippen LogP contribution in [0, 0.1) is 11.8 Å². The first-order valence-corrected chi connectivity index (χ1v) is 7.31. The molecule has 0 aromatic rings. The normalized spacial score (nSPS) is 10.9. The molecule has 0 aliphatic heterocycles. The molecule has 124 valence electrons. The van der Waals surface area contributed by atoms with Crippen molar-refractivity contribution in [1.82, 2.24) is 0 Å². The van der Waals surface area contributed by atoms with Crippen molar-refractivity contribution in [3.63, 3.8) is 0 Å². The van der Waals surface area contributed by atoms with Crippen LogP contribution in [0.4, 0.5) is 8.78 Å². The predicted molar refractivity (Wildman–Crippen MR) is 95.3 cm³/mol. The fraction of sp³-hybridized carbons (Fsp3) is 0.421. The monoisotopic (exact) mass is 309 g/mol. The molecule has 0 rings (SSSR count). The fourth-order valence-corrected chi connectivity index (χ4v) is 1.49. The molecule has 0 aliphatic rings. The van der Waals surface area contributed by atoms with Crippen molar-refractivity contribution in [3.8, 4) is 0 Å². The van der Waals surface area contributed by atoms with Crippen molar-refractivity contribution in [1.29, 1.82) is 0 Å². The molecule has 0 radical (unpaired) electrons. The summed E-state index contributed by atoms with van der Waals surface area (Å²) in [5, 5.41) is 0. The van der Waals surface area contributed by atoms with Crippen LogP contribution in [-0.4, -0.2) is 6.21 Å². The molecule has 0 aromatic heterocycles. The number of hydrogen-bond acceptors (Lipinski definition) is 1. The van der Waals surface area contributed by atoms with Gasteiger partial charge < -0.3 is 0 Å². The molecule has 3 heteroatoms. The molecule has 0 N–H and O–H groups in total. The van der Waals surface area contributed by atoms with Gasteiger partial charge in [0.2, 0.25) is 0 Å². The molecule has 0 fully saturated rings. The highest BCUT2D eigenvalue weighted by Gasteiger charge is 1.95. The van der Waals surface area contributed by atoms with Gasteiger partial charge >= 0.3 is 0 Å². The van der Waals surface area contributed by atoms with Crippen LogP contribution in [0.2, 0.25) is 0 Å². The zero-order chi connectivity index (χ0) is 17.7. The molecule has 0 spiro atoms. The Bertz CT molecular complexity index is 398. The van der Waals surface area contributed by atoms with Gasteiger partial charge in [-0.05, 0) is 30.8 Å². The first-order valence-electron chi connectivity index (χ1n) is 7.31. The summed E-state index contributed by atoms with van der Waals surface area (Å²) in [4.78, 5) is 3.77. The summed E-state index contributed by atoms with van der Waals surface area (Å²) in [5.74, 6) is 0.123. The van der Waals surface area contributed by atoms with Crippen molar-refractivity contribution in [2.75, 3.05) is 0 Å². The van der Waals surface area contributed by atoms with Gasteiger partial charge in [0, 0.05) is 5.70 Å². The van der Waals surface area contributed by atoms with E-state index in [0.29, 0.717) is 17.5 Å². The molecule has 0 heterocycles. The fourth-order valence-electron chi connectivity index (χ4n) is 1.49. The van der Waals surface area contributed by atoms with Crippen LogP contribution in [0.3, 0.4) is 0 Å². The van der Waals surface area contributed by atoms with Gasteiger partial charge in [-0.3, -0.25) is 4.99 Å². The summed E-state index contributed by atoms with van der Waals surface area (Å²) < 4.78 is 24.1. The Morgan fingerprint density at radius 2 is 1.36 bits per heavy atom. The largest absolute Gasteiger partial charge is 0.259 e. The average molecular weight is 309 g/mol. The van der Waals surface area contributed by atoms with Crippen LogP contribution in [0.25, 0.3) is 0 Å². The van der Waals surface area contributed by atoms with Crippen LogP contribution in [0.5, 0.6) is 0 Å². The maximum absolute atomic E-state index is 12.1. The van der Waals surface area contributed by atoms with Crippen LogP contribution in [0.15, 0.2) is 66.4 Å². The molecule has 0 saturated heterocycles. The second-order valence-electron chi connectivity index (χ2n) is 5.91. The van der Waals surface area contributed by atoms with Crippen molar-refractivity contribution in [2.24, 2.45) is 16.8 Å². The highest BCUT2D eigenvalue weighted by Crippen LogP contribution is 2.10. The lowest BCUT2D eigenvalue weighted by Crippen LogP contribution is -1.88. The summed E-state index contributed by atoms with van der Waals surface area (Å²) in [7, 11) is 0. The van der Waals surface area contributed by atoms with Crippen molar-refractivity contribution in [3.05, 3.63) is 61.4 Å². The highest BCUT2D eigenvalue weighted by atomic mass is 19.1. The first kappa shape index (κ1) is 22.5. The van der Waals surface area contributed by atoms with Crippen LogP contribution >= 0.6 is 0 Å². The number of allylic oxidation sites excluding steroid dienone is 6. The third-order valence-corrected chi connectivity index (χ3v) is 2.20. The molecule has 0 saturated carbocycles. The minimum Gasteiger partial charge on any atom is -0.259 e. The van der Waals surface area contributed by atoms with Crippen LogP contribution < -0.4 is 0 Å². The van der Waals surface area contributed by atoms with E-state index in [1.54, 1.807) is 6.08 Å². The van der Waals surface area contributed by atoms with Crippen LogP contribution in [-0.2, 0) is 0 Å². The van der Waals surface area contributed by atoms with Gasteiger partial charge in [-0.25, -0.2) is 8.78 Å². The van der Waals surface area contributed by atoms with Gasteiger partial charge in [0.25, 0.3) is 0 Å². The molecule has 0 aromatic carbocycles. The van der Waals surface area contributed by atoms with E-state index in [1.807, 2.05) is 0 Å². The summed E-state index contributed by atoms with van der Waals surface area (Å²) in [6.07, 6.45) is 5.80. The van der Waals surface area contributed by atoms with E-state index in [-0.39, 0.29) is 0 Å². The van der Waals surface area contributed by atoms with E-state index in [4.69, 9.17) is 0 Å². The minimum absolute atomic E-state index is 0.421. The van der Waals surface area contributed by atoms with E-state index < -0.39 is 11.7 Å². The smallest absolute Gasteiger partial charge is 0.134 e. The molecular weight excluding hydrogens is 280 g/mol. The molecular formula is C19H29F2N. The Morgan fingerprint density at radius 3 is 1.73 bits per heavy atom. The van der Waals surface area contributed by atoms with E-state index in [2.05, 4.69) is 59.0 Å². The number of aliphatic imine (C=N–C) groups is 1. The molecule has 22 heavy (non-hydrogen) atoms. The second-order valence-corrected chi connectivity index (χ2v) is 5.91. The van der Waals surface area contributed by atoms with Gasteiger partial charge in [0.1, 0.15) is 11.7 Å². The zero-order valence-electron chi connectivity index (χ0n) is 14.3. The predicted octanol–water partition coefficient (Wildman–Crippen LogP) is 6.73. The molecule has 0 amide bonds. The Labute approximate surface area is 134 Å².